The molecule has 0 radical (unpaired) electrons. The SMILES string of the molecule is CC(C)(C)C1CCCN1c1ccc(C=O)cc1. The molecular weight excluding hydrogens is 210 g/mol. The lowest BCUT2D eigenvalue weighted by Crippen LogP contribution is -2.39. The second-order valence-electron chi connectivity index (χ2n) is 5.93. The van der Waals surface area contributed by atoms with Gasteiger partial charge in [0.15, 0.2) is 0 Å². The van der Waals surface area contributed by atoms with Crippen molar-refractivity contribution in [1.82, 2.24) is 0 Å². The minimum absolute atomic E-state index is 0.305. The smallest absolute Gasteiger partial charge is 0.150 e. The monoisotopic (exact) mass is 231 g/mol. The molecule has 2 heteroatoms. The van der Waals surface area contributed by atoms with Gasteiger partial charge in [-0.3, -0.25) is 4.79 Å². The fourth-order valence-electron chi connectivity index (χ4n) is 2.72. The van der Waals surface area contributed by atoms with Gasteiger partial charge in [-0.05, 0) is 42.5 Å². The van der Waals surface area contributed by atoms with Crippen LogP contribution in [0.15, 0.2) is 24.3 Å². The molecule has 0 spiro atoms. The molecule has 2 nitrogen and oxygen atoms in total. The van der Waals surface area contributed by atoms with Crippen molar-refractivity contribution in [2.45, 2.75) is 39.7 Å². The van der Waals surface area contributed by atoms with Crippen molar-refractivity contribution in [3.05, 3.63) is 29.8 Å². The number of carbonyl (C=O) groups is 1. The number of hydrogen-bond acceptors (Lipinski definition) is 2. The molecule has 1 unspecified atom stereocenters. The Kier molecular flexibility index (Phi) is 3.23. The van der Waals surface area contributed by atoms with Crippen LogP contribution in [0.2, 0.25) is 0 Å². The fourth-order valence-corrected chi connectivity index (χ4v) is 2.72. The lowest BCUT2D eigenvalue weighted by atomic mass is 9.85. The number of hydrogen-bond donors (Lipinski definition) is 0. The average molecular weight is 231 g/mol. The highest BCUT2D eigenvalue weighted by Gasteiger charge is 2.33. The number of benzene rings is 1. The molecule has 0 aromatic heterocycles. The standard InChI is InChI=1S/C15H21NO/c1-15(2,3)14-5-4-10-16(14)13-8-6-12(11-17)7-9-13/h6-9,11,14H,4-5,10H2,1-3H3. The first-order chi connectivity index (χ1) is 8.02. The maximum atomic E-state index is 10.6. The van der Waals surface area contributed by atoms with Crippen LogP contribution in [-0.4, -0.2) is 18.9 Å². The Balaban J connectivity index is 2.23. The maximum Gasteiger partial charge on any atom is 0.150 e. The van der Waals surface area contributed by atoms with E-state index in [4.69, 9.17) is 0 Å². The molecule has 1 aromatic carbocycles. The minimum atomic E-state index is 0.305. The quantitative estimate of drug-likeness (QED) is 0.726. The van der Waals surface area contributed by atoms with Gasteiger partial charge in [0.25, 0.3) is 0 Å². The van der Waals surface area contributed by atoms with Crippen LogP contribution in [0, 0.1) is 5.41 Å². The molecule has 0 N–H and O–H groups in total. The van der Waals surface area contributed by atoms with Crippen LogP contribution in [0.3, 0.4) is 0 Å². The Morgan fingerprint density at radius 2 is 1.88 bits per heavy atom. The lowest BCUT2D eigenvalue weighted by molar-refractivity contribution is 0.112. The normalized spacial score (nSPS) is 20.6. The Morgan fingerprint density at radius 3 is 2.41 bits per heavy atom. The van der Waals surface area contributed by atoms with Crippen LogP contribution in [0.5, 0.6) is 0 Å². The third kappa shape index (κ3) is 2.51. The molecule has 0 aliphatic carbocycles. The summed E-state index contributed by atoms with van der Waals surface area (Å²) in [5.41, 5.74) is 2.30. The summed E-state index contributed by atoms with van der Waals surface area (Å²) in [6.45, 7) is 8.03. The van der Waals surface area contributed by atoms with Gasteiger partial charge in [0.1, 0.15) is 6.29 Å². The zero-order valence-corrected chi connectivity index (χ0v) is 10.9. The summed E-state index contributed by atoms with van der Waals surface area (Å²) >= 11 is 0. The van der Waals surface area contributed by atoms with E-state index in [-0.39, 0.29) is 0 Å². The third-order valence-electron chi connectivity index (χ3n) is 3.61. The maximum absolute atomic E-state index is 10.6. The van der Waals surface area contributed by atoms with Crippen molar-refractivity contribution in [3.8, 4) is 0 Å². The Bertz CT molecular complexity index is 388. The van der Waals surface area contributed by atoms with E-state index in [0.717, 1.165) is 18.4 Å². The van der Waals surface area contributed by atoms with E-state index < -0.39 is 0 Å². The molecule has 1 atom stereocenters. The van der Waals surface area contributed by atoms with Crippen molar-refractivity contribution < 1.29 is 4.79 Å². The second-order valence-corrected chi connectivity index (χ2v) is 5.93. The number of rotatable bonds is 2. The predicted octanol–water partition coefficient (Wildman–Crippen LogP) is 3.51. The first-order valence-corrected chi connectivity index (χ1v) is 6.34. The summed E-state index contributed by atoms with van der Waals surface area (Å²) in [6, 6.07) is 8.53. The summed E-state index contributed by atoms with van der Waals surface area (Å²) in [5.74, 6) is 0. The van der Waals surface area contributed by atoms with Crippen LogP contribution in [-0.2, 0) is 0 Å². The van der Waals surface area contributed by atoms with E-state index in [9.17, 15) is 4.79 Å². The number of anilines is 1. The van der Waals surface area contributed by atoms with E-state index in [1.165, 1.54) is 18.5 Å². The molecule has 1 aromatic rings. The summed E-state index contributed by atoms with van der Waals surface area (Å²) in [5, 5.41) is 0. The Morgan fingerprint density at radius 1 is 1.24 bits per heavy atom. The van der Waals surface area contributed by atoms with Gasteiger partial charge >= 0.3 is 0 Å². The summed E-state index contributed by atoms with van der Waals surface area (Å²) in [4.78, 5) is 13.1. The Hall–Kier alpha value is -1.31. The molecule has 1 saturated heterocycles. The largest absolute Gasteiger partial charge is 0.368 e. The lowest BCUT2D eigenvalue weighted by Gasteiger charge is -2.36. The molecule has 0 bridgehead atoms. The molecule has 2 rings (SSSR count). The number of nitrogens with zero attached hydrogens (tertiary/aromatic N) is 1. The van der Waals surface area contributed by atoms with Crippen LogP contribution >= 0.6 is 0 Å². The Labute approximate surface area is 104 Å². The molecule has 1 aliphatic rings. The van der Waals surface area contributed by atoms with Gasteiger partial charge in [0.05, 0.1) is 0 Å². The van der Waals surface area contributed by atoms with Crippen molar-refractivity contribution in [2.75, 3.05) is 11.4 Å². The zero-order chi connectivity index (χ0) is 12.5. The van der Waals surface area contributed by atoms with Gasteiger partial charge in [-0.1, -0.05) is 20.8 Å². The summed E-state index contributed by atoms with van der Waals surface area (Å²) in [7, 11) is 0. The van der Waals surface area contributed by atoms with E-state index in [1.54, 1.807) is 0 Å². The number of aldehydes is 1. The van der Waals surface area contributed by atoms with E-state index in [1.807, 2.05) is 12.1 Å². The van der Waals surface area contributed by atoms with Gasteiger partial charge in [0, 0.05) is 23.8 Å². The zero-order valence-electron chi connectivity index (χ0n) is 10.9. The van der Waals surface area contributed by atoms with Gasteiger partial charge in [-0.2, -0.15) is 0 Å². The topological polar surface area (TPSA) is 20.3 Å². The van der Waals surface area contributed by atoms with Gasteiger partial charge < -0.3 is 4.90 Å². The van der Waals surface area contributed by atoms with E-state index >= 15 is 0 Å². The van der Waals surface area contributed by atoms with E-state index in [0.29, 0.717) is 11.5 Å². The summed E-state index contributed by atoms with van der Waals surface area (Å²) < 4.78 is 0. The predicted molar refractivity (Wildman–Crippen MR) is 71.7 cm³/mol. The highest BCUT2D eigenvalue weighted by Crippen LogP contribution is 2.35. The number of carbonyl (C=O) groups excluding carboxylic acids is 1. The molecule has 1 fully saturated rings. The van der Waals surface area contributed by atoms with Crippen molar-refractivity contribution in [2.24, 2.45) is 5.41 Å². The summed E-state index contributed by atoms with van der Waals surface area (Å²) in [6.07, 6.45) is 3.42. The third-order valence-corrected chi connectivity index (χ3v) is 3.61. The molecular formula is C15H21NO. The van der Waals surface area contributed by atoms with Crippen LogP contribution in [0.4, 0.5) is 5.69 Å². The molecule has 1 heterocycles. The second kappa shape index (κ2) is 4.52. The fraction of sp³-hybridized carbons (Fsp3) is 0.533. The van der Waals surface area contributed by atoms with Gasteiger partial charge in [-0.25, -0.2) is 0 Å². The van der Waals surface area contributed by atoms with Crippen LogP contribution in [0.25, 0.3) is 0 Å². The van der Waals surface area contributed by atoms with E-state index in [2.05, 4.69) is 37.8 Å². The molecule has 1 aliphatic heterocycles. The van der Waals surface area contributed by atoms with Gasteiger partial charge in [-0.15, -0.1) is 0 Å². The van der Waals surface area contributed by atoms with Crippen molar-refractivity contribution >= 4 is 12.0 Å². The highest BCUT2D eigenvalue weighted by atomic mass is 16.1. The molecule has 17 heavy (non-hydrogen) atoms. The van der Waals surface area contributed by atoms with Crippen molar-refractivity contribution in [3.63, 3.8) is 0 Å². The molecule has 0 saturated carbocycles. The first kappa shape index (κ1) is 12.2. The molecule has 0 amide bonds. The highest BCUT2D eigenvalue weighted by molar-refractivity contribution is 5.75. The van der Waals surface area contributed by atoms with Crippen molar-refractivity contribution in [1.29, 1.82) is 0 Å². The molecule has 92 valence electrons. The minimum Gasteiger partial charge on any atom is -0.368 e. The van der Waals surface area contributed by atoms with Gasteiger partial charge in [0.2, 0.25) is 0 Å². The van der Waals surface area contributed by atoms with Crippen LogP contribution < -0.4 is 4.90 Å². The van der Waals surface area contributed by atoms with Crippen LogP contribution in [0.1, 0.15) is 44.0 Å². The average Bonchev–Trinajstić information content (AvgIpc) is 2.78. The first-order valence-electron chi connectivity index (χ1n) is 6.34.